The minimum atomic E-state index is -0.348. The maximum atomic E-state index is 11.8. The van der Waals surface area contributed by atoms with Crippen LogP contribution in [0, 0.1) is 11.3 Å². The van der Waals surface area contributed by atoms with Gasteiger partial charge in [-0.1, -0.05) is 18.2 Å². The normalized spacial score (nSPS) is 9.59. The highest BCUT2D eigenvalue weighted by Gasteiger charge is 2.06. The summed E-state index contributed by atoms with van der Waals surface area (Å²) < 4.78 is 0. The Hall–Kier alpha value is -3.20. The van der Waals surface area contributed by atoms with Crippen molar-refractivity contribution >= 4 is 17.5 Å². The summed E-state index contributed by atoms with van der Waals surface area (Å²) in [6.45, 7) is 0.363. The Morgan fingerprint density at radius 3 is 2.55 bits per heavy atom. The zero-order chi connectivity index (χ0) is 15.8. The van der Waals surface area contributed by atoms with Crippen LogP contribution in [0.2, 0.25) is 0 Å². The van der Waals surface area contributed by atoms with Crippen molar-refractivity contribution in [1.29, 1.82) is 5.26 Å². The summed E-state index contributed by atoms with van der Waals surface area (Å²) in [7, 11) is 0. The molecule has 2 N–H and O–H groups in total. The summed E-state index contributed by atoms with van der Waals surface area (Å²) in [6.07, 6.45) is 1.38. The third-order valence-corrected chi connectivity index (χ3v) is 2.83. The molecule has 0 spiro atoms. The standard InChI is InChI=1S/C16H14N4O2/c17-9-8-15(21)20-13-6-4-12(5-7-13)11-19-16(22)14-3-1-2-10-18-14/h1-7,10H,8,11H2,(H,19,22)(H,20,21). The quantitative estimate of drug-likeness (QED) is 0.880. The van der Waals surface area contributed by atoms with Gasteiger partial charge in [-0.25, -0.2) is 0 Å². The summed E-state index contributed by atoms with van der Waals surface area (Å²) in [4.78, 5) is 27.1. The lowest BCUT2D eigenvalue weighted by Gasteiger charge is -2.07. The minimum Gasteiger partial charge on any atom is -0.347 e. The van der Waals surface area contributed by atoms with Gasteiger partial charge >= 0.3 is 0 Å². The topological polar surface area (TPSA) is 94.9 Å². The fourth-order valence-corrected chi connectivity index (χ4v) is 1.75. The summed E-state index contributed by atoms with van der Waals surface area (Å²) in [5.41, 5.74) is 1.87. The van der Waals surface area contributed by atoms with Crippen molar-refractivity contribution in [1.82, 2.24) is 10.3 Å². The molecule has 0 bridgehead atoms. The number of aromatic nitrogens is 1. The summed E-state index contributed by atoms with van der Waals surface area (Å²) >= 11 is 0. The number of hydrogen-bond acceptors (Lipinski definition) is 4. The number of benzene rings is 1. The van der Waals surface area contributed by atoms with E-state index in [1.54, 1.807) is 54.7 Å². The van der Waals surface area contributed by atoms with E-state index in [4.69, 9.17) is 5.26 Å². The molecule has 22 heavy (non-hydrogen) atoms. The van der Waals surface area contributed by atoms with Gasteiger partial charge in [-0.15, -0.1) is 0 Å². The van der Waals surface area contributed by atoms with Crippen LogP contribution in [0.3, 0.4) is 0 Å². The van der Waals surface area contributed by atoms with Crippen molar-refractivity contribution < 1.29 is 9.59 Å². The second-order valence-corrected chi connectivity index (χ2v) is 4.48. The van der Waals surface area contributed by atoms with Crippen LogP contribution >= 0.6 is 0 Å². The van der Waals surface area contributed by atoms with E-state index in [-0.39, 0.29) is 18.2 Å². The lowest BCUT2D eigenvalue weighted by atomic mass is 10.2. The highest BCUT2D eigenvalue weighted by molar-refractivity contribution is 5.92. The fraction of sp³-hybridized carbons (Fsp3) is 0.125. The fourth-order valence-electron chi connectivity index (χ4n) is 1.75. The van der Waals surface area contributed by atoms with Crippen LogP contribution in [0.25, 0.3) is 0 Å². The molecule has 1 heterocycles. The van der Waals surface area contributed by atoms with Crippen LogP contribution in [-0.4, -0.2) is 16.8 Å². The van der Waals surface area contributed by atoms with E-state index in [1.165, 1.54) is 0 Å². The molecule has 2 aromatic rings. The molecule has 6 heteroatoms. The lowest BCUT2D eigenvalue weighted by molar-refractivity contribution is -0.115. The molecule has 0 saturated carbocycles. The van der Waals surface area contributed by atoms with Gasteiger partial charge in [0, 0.05) is 18.4 Å². The van der Waals surface area contributed by atoms with E-state index in [9.17, 15) is 9.59 Å². The van der Waals surface area contributed by atoms with Gasteiger partial charge in [0.2, 0.25) is 5.91 Å². The first-order chi connectivity index (χ1) is 10.7. The molecule has 2 rings (SSSR count). The first-order valence-electron chi connectivity index (χ1n) is 6.64. The molecule has 2 amide bonds. The second kappa shape index (κ2) is 7.55. The van der Waals surface area contributed by atoms with Gasteiger partial charge in [-0.2, -0.15) is 5.26 Å². The number of hydrogen-bond donors (Lipinski definition) is 2. The van der Waals surface area contributed by atoms with Gasteiger partial charge in [0.15, 0.2) is 0 Å². The number of pyridine rings is 1. The number of rotatable bonds is 5. The molecule has 0 saturated heterocycles. The third-order valence-electron chi connectivity index (χ3n) is 2.83. The van der Waals surface area contributed by atoms with Crippen LogP contribution in [0.5, 0.6) is 0 Å². The maximum Gasteiger partial charge on any atom is 0.270 e. The summed E-state index contributed by atoms with van der Waals surface area (Å²) in [6, 6.07) is 13.9. The van der Waals surface area contributed by atoms with Gasteiger partial charge in [0.05, 0.1) is 6.07 Å². The SMILES string of the molecule is N#CCC(=O)Nc1ccc(CNC(=O)c2ccccn2)cc1. The maximum absolute atomic E-state index is 11.8. The molecule has 1 aromatic heterocycles. The Labute approximate surface area is 127 Å². The first kappa shape index (κ1) is 15.2. The Balaban J connectivity index is 1.88. The number of carbonyl (C=O) groups excluding carboxylic acids is 2. The van der Waals surface area contributed by atoms with Gasteiger partial charge in [-0.3, -0.25) is 14.6 Å². The number of carbonyl (C=O) groups is 2. The average Bonchev–Trinajstić information content (AvgIpc) is 2.55. The summed E-state index contributed by atoms with van der Waals surface area (Å²) in [5, 5.41) is 13.8. The number of nitriles is 1. The molecule has 0 aliphatic heterocycles. The van der Waals surface area contributed by atoms with E-state index < -0.39 is 0 Å². The molecular formula is C16H14N4O2. The van der Waals surface area contributed by atoms with Gasteiger partial charge in [-0.05, 0) is 29.8 Å². The molecular weight excluding hydrogens is 280 g/mol. The monoisotopic (exact) mass is 294 g/mol. The van der Waals surface area contributed by atoms with Crippen molar-refractivity contribution in [3.05, 3.63) is 59.9 Å². The number of nitrogens with zero attached hydrogens (tertiary/aromatic N) is 2. The smallest absolute Gasteiger partial charge is 0.270 e. The molecule has 0 aliphatic rings. The van der Waals surface area contributed by atoms with Gasteiger partial charge in [0.25, 0.3) is 5.91 Å². The van der Waals surface area contributed by atoms with E-state index in [1.807, 2.05) is 0 Å². The molecule has 0 fully saturated rings. The molecule has 110 valence electrons. The van der Waals surface area contributed by atoms with Crippen molar-refractivity contribution in [2.45, 2.75) is 13.0 Å². The van der Waals surface area contributed by atoms with Gasteiger partial charge < -0.3 is 10.6 Å². The Morgan fingerprint density at radius 2 is 1.91 bits per heavy atom. The predicted octanol–water partition coefficient (Wildman–Crippen LogP) is 1.86. The van der Waals surface area contributed by atoms with Crippen LogP contribution in [0.1, 0.15) is 22.5 Å². The number of nitrogens with one attached hydrogen (secondary N) is 2. The highest BCUT2D eigenvalue weighted by atomic mass is 16.2. The average molecular weight is 294 g/mol. The largest absolute Gasteiger partial charge is 0.347 e. The minimum absolute atomic E-state index is 0.179. The molecule has 0 atom stereocenters. The van der Waals surface area contributed by atoms with E-state index in [2.05, 4.69) is 15.6 Å². The van der Waals surface area contributed by atoms with Crippen LogP contribution in [0.4, 0.5) is 5.69 Å². The second-order valence-electron chi connectivity index (χ2n) is 4.48. The molecule has 0 aliphatic carbocycles. The van der Waals surface area contributed by atoms with E-state index >= 15 is 0 Å². The van der Waals surface area contributed by atoms with Crippen molar-refractivity contribution in [3.8, 4) is 6.07 Å². The van der Waals surface area contributed by atoms with Crippen molar-refractivity contribution in [2.24, 2.45) is 0 Å². The Kier molecular flexibility index (Phi) is 5.21. The van der Waals surface area contributed by atoms with Crippen molar-refractivity contribution in [2.75, 3.05) is 5.32 Å². The number of amides is 2. The highest BCUT2D eigenvalue weighted by Crippen LogP contribution is 2.10. The Morgan fingerprint density at radius 1 is 1.14 bits per heavy atom. The zero-order valence-corrected chi connectivity index (χ0v) is 11.7. The molecule has 0 unspecified atom stereocenters. The predicted molar refractivity (Wildman–Crippen MR) is 80.7 cm³/mol. The van der Waals surface area contributed by atoms with E-state index in [0.717, 1.165) is 5.56 Å². The first-order valence-corrected chi connectivity index (χ1v) is 6.64. The lowest BCUT2D eigenvalue weighted by Crippen LogP contribution is -2.23. The summed E-state index contributed by atoms with van der Waals surface area (Å²) in [5.74, 6) is -0.592. The zero-order valence-electron chi connectivity index (χ0n) is 11.7. The van der Waals surface area contributed by atoms with Crippen LogP contribution in [0.15, 0.2) is 48.7 Å². The van der Waals surface area contributed by atoms with Crippen LogP contribution < -0.4 is 10.6 Å². The van der Waals surface area contributed by atoms with E-state index in [0.29, 0.717) is 17.9 Å². The molecule has 0 radical (unpaired) electrons. The molecule has 6 nitrogen and oxygen atoms in total. The third kappa shape index (κ3) is 4.42. The van der Waals surface area contributed by atoms with Gasteiger partial charge in [0.1, 0.15) is 12.1 Å². The number of anilines is 1. The Bertz CT molecular complexity index is 690. The molecule has 1 aromatic carbocycles. The van der Waals surface area contributed by atoms with Crippen LogP contribution in [-0.2, 0) is 11.3 Å². The van der Waals surface area contributed by atoms with Crippen molar-refractivity contribution in [3.63, 3.8) is 0 Å².